The first-order valence-corrected chi connectivity index (χ1v) is 10.4. The number of aliphatic carboxylic acids is 1. The Morgan fingerprint density at radius 2 is 2.00 bits per heavy atom. The van der Waals surface area contributed by atoms with Crippen molar-refractivity contribution in [3.8, 4) is 6.07 Å². The fourth-order valence-corrected chi connectivity index (χ4v) is 3.57. The Kier molecular flexibility index (Phi) is 8.97. The summed E-state index contributed by atoms with van der Waals surface area (Å²) in [4.78, 5) is 24.2. The summed E-state index contributed by atoms with van der Waals surface area (Å²) < 4.78 is 5.40. The second-order valence-corrected chi connectivity index (χ2v) is 8.14. The van der Waals surface area contributed by atoms with Crippen LogP contribution in [0.15, 0.2) is 52.1 Å². The van der Waals surface area contributed by atoms with Crippen molar-refractivity contribution >= 4 is 17.6 Å². The quantitative estimate of drug-likeness (QED) is 0.133. The van der Waals surface area contributed by atoms with E-state index in [2.05, 4.69) is 10.4 Å². The lowest BCUT2D eigenvalue weighted by Gasteiger charge is -2.40. The lowest BCUT2D eigenvalue weighted by Crippen LogP contribution is -2.59. The molecule has 0 saturated carbocycles. The minimum Gasteiger partial charge on any atom is -0.508 e. The molecule has 0 fully saturated rings. The van der Waals surface area contributed by atoms with Gasteiger partial charge in [-0.3, -0.25) is 4.79 Å². The number of nitrogens with one attached hydrogen (secondary N) is 1. The van der Waals surface area contributed by atoms with E-state index in [-0.39, 0.29) is 29.0 Å². The van der Waals surface area contributed by atoms with Crippen LogP contribution in [0.3, 0.4) is 0 Å². The second-order valence-electron chi connectivity index (χ2n) is 8.14. The first kappa shape index (κ1) is 26.6. The van der Waals surface area contributed by atoms with Gasteiger partial charge in [0, 0.05) is 23.0 Å². The zero-order valence-corrected chi connectivity index (χ0v) is 18.6. The van der Waals surface area contributed by atoms with Crippen molar-refractivity contribution in [2.24, 2.45) is 22.8 Å². The molecular weight excluding hydrogens is 448 g/mol. The minimum atomic E-state index is -1.77. The number of carboxylic acids is 1. The predicted octanol–water partition coefficient (Wildman–Crippen LogP) is -0.639. The van der Waals surface area contributed by atoms with Crippen LogP contribution in [0.1, 0.15) is 20.3 Å². The average molecular weight is 476 g/mol. The monoisotopic (exact) mass is 476 g/mol. The van der Waals surface area contributed by atoms with E-state index in [0.717, 1.165) is 0 Å². The van der Waals surface area contributed by atoms with E-state index >= 15 is 0 Å². The van der Waals surface area contributed by atoms with Crippen molar-refractivity contribution in [3.05, 3.63) is 47.0 Å². The summed E-state index contributed by atoms with van der Waals surface area (Å²) in [6.07, 6.45) is 0.107. The van der Waals surface area contributed by atoms with Crippen LogP contribution in [-0.4, -0.2) is 74.1 Å². The van der Waals surface area contributed by atoms with E-state index in [4.69, 9.17) is 10.6 Å². The summed E-state index contributed by atoms with van der Waals surface area (Å²) in [5, 5.41) is 65.3. The lowest BCUT2D eigenvalue weighted by molar-refractivity contribution is -0.147. The van der Waals surface area contributed by atoms with Crippen LogP contribution in [0.5, 0.6) is 0 Å². The zero-order chi connectivity index (χ0) is 25.6. The van der Waals surface area contributed by atoms with E-state index in [1.807, 2.05) is 6.07 Å². The number of carbonyl (C=O) groups excluding carboxylic acids is 1. The molecule has 0 radical (unpaired) electrons. The number of allylic oxidation sites excluding steroid dienone is 5. The number of hydrogen-bond acceptors (Lipinski definition) is 10. The Balaban J connectivity index is 2.61. The molecule has 2 rings (SSSR count). The number of rotatable bonds is 8. The Morgan fingerprint density at radius 1 is 1.32 bits per heavy atom. The molecule has 0 spiro atoms. The van der Waals surface area contributed by atoms with E-state index in [1.165, 1.54) is 24.3 Å². The third kappa shape index (κ3) is 6.02. The third-order valence-corrected chi connectivity index (χ3v) is 5.42. The smallest absolute Gasteiger partial charge is 0.370 e. The van der Waals surface area contributed by atoms with Gasteiger partial charge in [0.1, 0.15) is 24.1 Å². The van der Waals surface area contributed by atoms with Gasteiger partial charge in [0.2, 0.25) is 11.7 Å². The van der Waals surface area contributed by atoms with Crippen molar-refractivity contribution in [1.82, 2.24) is 5.32 Å². The number of aliphatic hydroxyl groups excluding tert-OH is 4. The van der Waals surface area contributed by atoms with Crippen LogP contribution >= 0.6 is 0 Å². The summed E-state index contributed by atoms with van der Waals surface area (Å²) in [7, 11) is 0. The molecule has 1 amide bonds. The van der Waals surface area contributed by atoms with E-state index in [9.17, 15) is 40.4 Å². The molecule has 0 unspecified atom stereocenters. The van der Waals surface area contributed by atoms with Gasteiger partial charge in [-0.15, -0.1) is 0 Å². The van der Waals surface area contributed by atoms with Gasteiger partial charge in [0.05, 0.1) is 24.4 Å². The number of amides is 1. The topological polar surface area (TPSA) is 219 Å². The van der Waals surface area contributed by atoms with E-state index < -0.39 is 60.4 Å². The number of nitriles is 1. The van der Waals surface area contributed by atoms with Crippen LogP contribution in [0, 0.1) is 23.2 Å². The summed E-state index contributed by atoms with van der Waals surface area (Å²) >= 11 is 0. The van der Waals surface area contributed by atoms with Crippen molar-refractivity contribution < 1.29 is 39.9 Å². The maximum absolute atomic E-state index is 12.5. The van der Waals surface area contributed by atoms with Gasteiger partial charge < -0.3 is 41.4 Å². The fraction of sp³-hybridized carbons (Fsp3) is 0.455. The fourth-order valence-electron chi connectivity index (χ4n) is 3.57. The van der Waals surface area contributed by atoms with Crippen LogP contribution in [0.2, 0.25) is 0 Å². The van der Waals surface area contributed by atoms with Crippen molar-refractivity contribution in [3.63, 3.8) is 0 Å². The molecule has 184 valence electrons. The number of carbonyl (C=O) groups is 2. The Hall–Kier alpha value is -3.66. The Bertz CT molecular complexity index is 1000. The van der Waals surface area contributed by atoms with E-state index in [0.29, 0.717) is 0 Å². The van der Waals surface area contributed by atoms with E-state index in [1.54, 1.807) is 13.8 Å². The number of hydrogen-bond donors (Lipinski definition) is 7. The highest BCUT2D eigenvalue weighted by molar-refractivity contribution is 6.12. The normalized spacial score (nSPS) is 26.6. The van der Waals surface area contributed by atoms with Crippen molar-refractivity contribution in [2.75, 3.05) is 6.61 Å². The maximum atomic E-state index is 12.5. The molecule has 0 aromatic rings. The number of carboxylic acid groups (broad SMARTS) is 1. The number of aliphatic hydroxyl groups is 4. The van der Waals surface area contributed by atoms with Crippen LogP contribution in [0.4, 0.5) is 0 Å². The van der Waals surface area contributed by atoms with Gasteiger partial charge in [0.15, 0.2) is 0 Å². The molecule has 0 bridgehead atoms. The molecule has 12 nitrogen and oxygen atoms in total. The minimum absolute atomic E-state index is 0.0627. The van der Waals surface area contributed by atoms with Crippen LogP contribution in [0.25, 0.3) is 0 Å². The molecule has 0 aromatic heterocycles. The molecule has 0 saturated heterocycles. The van der Waals surface area contributed by atoms with Gasteiger partial charge in [0.25, 0.3) is 0 Å². The molecule has 1 aliphatic heterocycles. The number of hydrazone groups is 1. The molecule has 0 aromatic carbocycles. The van der Waals surface area contributed by atoms with Gasteiger partial charge in [-0.1, -0.05) is 13.8 Å². The molecule has 5 atom stereocenters. The summed E-state index contributed by atoms with van der Waals surface area (Å²) in [5.74, 6) is 1.36. The summed E-state index contributed by atoms with van der Waals surface area (Å²) in [5.41, 5.74) is 0.454. The first-order valence-electron chi connectivity index (χ1n) is 10.4. The molecule has 2 aliphatic rings. The van der Waals surface area contributed by atoms with Crippen LogP contribution in [-0.2, 0) is 14.3 Å². The number of nitrogens with zero attached hydrogens (tertiary/aromatic N) is 2. The number of ether oxygens (including phenoxy) is 1. The molecule has 1 aliphatic carbocycles. The molecule has 12 heteroatoms. The predicted molar refractivity (Wildman–Crippen MR) is 119 cm³/mol. The average Bonchev–Trinajstić information content (AvgIpc) is 2.81. The zero-order valence-electron chi connectivity index (χ0n) is 18.6. The first-order chi connectivity index (χ1) is 16.0. The maximum Gasteiger partial charge on any atom is 0.370 e. The SMILES string of the molecule is CC(C)C(=O)N[C@H]1[C@H]([C@H](O)[C@H](O)CO)OC(C(=O)O)=C[C@@H]1C/C(C#N)=C1/C=C(O)C=C/C1=N/N. The standard InChI is InChI=1S/C22H28N4O8/c1-10(2)21(31)25-18-11(5-12(8-23)14-7-13(28)3-4-15(14)26-24)6-17(22(32)33)34-20(18)19(30)16(29)9-27/h3-4,6-7,10-11,16,18-20,27-30H,5,9,24H2,1-2H3,(H,25,31)(H,32,33)/b14-12+,26-15-/t11-,16+,18+,19+,20+/m0/s1. The molecule has 1 heterocycles. The summed E-state index contributed by atoms with van der Waals surface area (Å²) in [6, 6.07) is 0.904. The highest BCUT2D eigenvalue weighted by Crippen LogP contribution is 2.32. The highest BCUT2D eigenvalue weighted by Gasteiger charge is 2.44. The van der Waals surface area contributed by atoms with Crippen LogP contribution < -0.4 is 11.2 Å². The van der Waals surface area contributed by atoms with Gasteiger partial charge in [-0.2, -0.15) is 10.4 Å². The molecule has 34 heavy (non-hydrogen) atoms. The molecule has 8 N–H and O–H groups in total. The second kappa shape index (κ2) is 11.5. The summed E-state index contributed by atoms with van der Waals surface area (Å²) in [6.45, 7) is 2.40. The van der Waals surface area contributed by atoms with Gasteiger partial charge in [-0.25, -0.2) is 4.79 Å². The Labute approximate surface area is 195 Å². The largest absolute Gasteiger partial charge is 0.508 e. The van der Waals surface area contributed by atoms with Gasteiger partial charge in [-0.05, 0) is 30.7 Å². The third-order valence-electron chi connectivity index (χ3n) is 5.42. The van der Waals surface area contributed by atoms with Crippen molar-refractivity contribution in [1.29, 1.82) is 5.26 Å². The van der Waals surface area contributed by atoms with Gasteiger partial charge >= 0.3 is 5.97 Å². The molecular formula is C22H28N4O8. The Morgan fingerprint density at radius 3 is 2.53 bits per heavy atom. The number of nitrogens with two attached hydrogens (primary N) is 1. The van der Waals surface area contributed by atoms with Crippen molar-refractivity contribution in [2.45, 2.75) is 44.6 Å². The highest BCUT2D eigenvalue weighted by atomic mass is 16.5. The lowest BCUT2D eigenvalue weighted by atomic mass is 9.81.